The molecule has 3 aromatic rings. The minimum absolute atomic E-state index is 0.117. The van der Waals surface area contributed by atoms with Gasteiger partial charge in [-0.3, -0.25) is 9.80 Å². The summed E-state index contributed by atoms with van der Waals surface area (Å²) in [6.07, 6.45) is 1.32. The fraction of sp³-hybridized carbons (Fsp3) is 0.385. The van der Waals surface area contributed by atoms with Crippen molar-refractivity contribution in [1.82, 2.24) is 19.9 Å². The monoisotopic (exact) mass is 574 g/mol. The number of carbonyl (C=O) groups is 1. The normalized spacial score (nSPS) is 13.8. The molecule has 11 nitrogen and oxygen atoms in total. The highest BCUT2D eigenvalue weighted by Gasteiger charge is 2.23. The fourth-order valence-electron chi connectivity index (χ4n) is 4.17. The molecular weight excluding hydrogens is 543 g/mol. The van der Waals surface area contributed by atoms with E-state index in [4.69, 9.17) is 32.7 Å². The zero-order valence-electron chi connectivity index (χ0n) is 22.5. The van der Waals surface area contributed by atoms with Gasteiger partial charge in [0.1, 0.15) is 27.9 Å². The second-order valence-electron chi connectivity index (χ2n) is 9.17. The predicted molar refractivity (Wildman–Crippen MR) is 155 cm³/mol. The predicted octanol–water partition coefficient (Wildman–Crippen LogP) is 5.14. The Morgan fingerprint density at radius 1 is 1.00 bits per heavy atom. The van der Waals surface area contributed by atoms with Crippen molar-refractivity contribution in [2.45, 2.75) is 19.9 Å². The molecule has 1 aliphatic heterocycles. The second kappa shape index (κ2) is 12.5. The molecule has 4 rings (SSSR count). The molecule has 2 heterocycles. The summed E-state index contributed by atoms with van der Waals surface area (Å²) in [4.78, 5) is 31.8. The molecule has 208 valence electrons. The first-order chi connectivity index (χ1) is 18.7. The highest BCUT2D eigenvalue weighted by molar-refractivity contribution is 6.41. The lowest BCUT2D eigenvalue weighted by molar-refractivity contribution is 0.209. The molecule has 1 fully saturated rings. The third kappa shape index (κ3) is 6.55. The highest BCUT2D eigenvalue weighted by atomic mass is 35.5. The van der Waals surface area contributed by atoms with E-state index in [0.29, 0.717) is 17.5 Å². The molecule has 0 radical (unpaired) electrons. The zero-order chi connectivity index (χ0) is 28.1. The van der Waals surface area contributed by atoms with Gasteiger partial charge in [0.15, 0.2) is 0 Å². The van der Waals surface area contributed by atoms with Crippen molar-refractivity contribution in [3.05, 3.63) is 46.7 Å². The van der Waals surface area contributed by atoms with Gasteiger partial charge in [-0.25, -0.2) is 14.8 Å². The van der Waals surface area contributed by atoms with Crippen LogP contribution in [0.15, 0.2) is 36.7 Å². The molecule has 0 spiro atoms. The number of halogens is 2. The van der Waals surface area contributed by atoms with Gasteiger partial charge >= 0.3 is 6.03 Å². The number of rotatable bonds is 8. The van der Waals surface area contributed by atoms with Crippen molar-refractivity contribution in [1.29, 1.82) is 0 Å². The van der Waals surface area contributed by atoms with Gasteiger partial charge in [-0.05, 0) is 38.1 Å². The van der Waals surface area contributed by atoms with Gasteiger partial charge in [-0.2, -0.15) is 4.98 Å². The summed E-state index contributed by atoms with van der Waals surface area (Å²) in [7, 11) is 4.42. The Morgan fingerprint density at radius 2 is 1.62 bits per heavy atom. The number of benzene rings is 2. The van der Waals surface area contributed by atoms with Crippen LogP contribution in [0.1, 0.15) is 13.8 Å². The van der Waals surface area contributed by atoms with Gasteiger partial charge < -0.3 is 25.0 Å². The van der Waals surface area contributed by atoms with Gasteiger partial charge in [0.05, 0.1) is 19.9 Å². The summed E-state index contributed by atoms with van der Waals surface area (Å²) < 4.78 is 10.5. The van der Waals surface area contributed by atoms with E-state index in [0.717, 1.165) is 31.9 Å². The van der Waals surface area contributed by atoms with Gasteiger partial charge in [-0.1, -0.05) is 23.2 Å². The van der Waals surface area contributed by atoms with Gasteiger partial charge in [0.2, 0.25) is 11.9 Å². The molecule has 13 heteroatoms. The van der Waals surface area contributed by atoms with Gasteiger partial charge in [0.25, 0.3) is 0 Å². The van der Waals surface area contributed by atoms with Crippen LogP contribution in [0.3, 0.4) is 0 Å². The van der Waals surface area contributed by atoms with Crippen LogP contribution < -0.4 is 29.9 Å². The molecule has 0 aliphatic carbocycles. The van der Waals surface area contributed by atoms with Crippen molar-refractivity contribution in [2.75, 3.05) is 67.9 Å². The third-order valence-electron chi connectivity index (χ3n) is 6.50. The quantitative estimate of drug-likeness (QED) is 0.378. The van der Waals surface area contributed by atoms with E-state index in [9.17, 15) is 4.79 Å². The molecule has 2 aromatic carbocycles. The number of ether oxygens (including phenoxy) is 2. The fourth-order valence-corrected chi connectivity index (χ4v) is 4.76. The minimum Gasteiger partial charge on any atom is -0.495 e. The summed E-state index contributed by atoms with van der Waals surface area (Å²) in [5.74, 6) is 1.00. The summed E-state index contributed by atoms with van der Waals surface area (Å²) in [5.41, 5.74) is 2.12. The zero-order valence-corrected chi connectivity index (χ0v) is 24.0. The smallest absolute Gasteiger partial charge is 0.328 e. The molecule has 1 saturated heterocycles. The number of amides is 2. The largest absolute Gasteiger partial charge is 0.495 e. The number of aromatic nitrogens is 3. The van der Waals surface area contributed by atoms with E-state index in [1.54, 1.807) is 0 Å². The standard InChI is InChI=1S/C26H32Cl2N8O3/c1-16(2)35-10-12-36(13-11-35)18-8-6-17(7-9-18)31-24-29-15-30-25(33-24)34(3)26(37)32-23-21(27)19(38-4)14-20(39-5)22(23)28/h6-9,14-16H,10-13H2,1-5H3,(H,32,37)(H,29,30,31,33). The minimum atomic E-state index is -0.576. The van der Waals surface area contributed by atoms with E-state index >= 15 is 0 Å². The number of nitrogens with zero attached hydrogens (tertiary/aromatic N) is 6. The summed E-state index contributed by atoms with van der Waals surface area (Å²) >= 11 is 12.8. The van der Waals surface area contributed by atoms with Crippen LogP contribution in [0.25, 0.3) is 0 Å². The van der Waals surface area contributed by atoms with Crippen LogP contribution >= 0.6 is 23.2 Å². The number of piperazine rings is 1. The Bertz CT molecular complexity index is 1270. The second-order valence-corrected chi connectivity index (χ2v) is 9.93. The van der Waals surface area contributed by atoms with Crippen LogP contribution in [0.5, 0.6) is 11.5 Å². The molecular formula is C26H32Cl2N8O3. The Balaban J connectivity index is 1.42. The lowest BCUT2D eigenvalue weighted by Crippen LogP contribution is -2.48. The molecule has 0 bridgehead atoms. The average Bonchev–Trinajstić information content (AvgIpc) is 2.95. The lowest BCUT2D eigenvalue weighted by atomic mass is 10.2. The molecule has 0 unspecified atom stereocenters. The number of hydrogen-bond acceptors (Lipinski definition) is 9. The van der Waals surface area contributed by atoms with E-state index in [-0.39, 0.29) is 27.6 Å². The number of urea groups is 1. The molecule has 1 aromatic heterocycles. The number of anilines is 5. The first-order valence-electron chi connectivity index (χ1n) is 12.4. The van der Waals surface area contributed by atoms with Crippen LogP contribution in [-0.2, 0) is 0 Å². The van der Waals surface area contributed by atoms with Crippen LogP contribution in [0.4, 0.5) is 33.8 Å². The molecule has 0 atom stereocenters. The van der Waals surface area contributed by atoms with Crippen LogP contribution in [0.2, 0.25) is 10.0 Å². The maximum absolute atomic E-state index is 13.0. The maximum Gasteiger partial charge on any atom is 0.328 e. The van der Waals surface area contributed by atoms with Gasteiger partial charge in [0, 0.05) is 56.7 Å². The third-order valence-corrected chi connectivity index (χ3v) is 7.25. The van der Waals surface area contributed by atoms with Crippen molar-refractivity contribution in [3.8, 4) is 11.5 Å². The van der Waals surface area contributed by atoms with Gasteiger partial charge in [-0.15, -0.1) is 0 Å². The number of nitrogens with one attached hydrogen (secondary N) is 2. The molecule has 2 amide bonds. The molecule has 39 heavy (non-hydrogen) atoms. The van der Waals surface area contributed by atoms with E-state index < -0.39 is 6.03 Å². The van der Waals surface area contributed by atoms with Crippen molar-refractivity contribution in [3.63, 3.8) is 0 Å². The Kier molecular flexibility index (Phi) is 9.16. The van der Waals surface area contributed by atoms with Crippen LogP contribution in [-0.4, -0.2) is 79.4 Å². The van der Waals surface area contributed by atoms with Crippen molar-refractivity contribution >= 4 is 58.2 Å². The first kappa shape index (κ1) is 28.5. The van der Waals surface area contributed by atoms with E-state index in [2.05, 4.69) is 61.4 Å². The lowest BCUT2D eigenvalue weighted by Gasteiger charge is -2.38. The summed E-state index contributed by atoms with van der Waals surface area (Å²) in [6.45, 7) is 8.56. The first-order valence-corrected chi connectivity index (χ1v) is 13.2. The number of carbonyl (C=O) groups excluding carboxylic acids is 1. The Hall–Kier alpha value is -3.54. The topological polar surface area (TPSA) is 108 Å². The SMILES string of the molecule is COc1cc(OC)c(Cl)c(NC(=O)N(C)c2ncnc(Nc3ccc(N4CCN(C(C)C)CC4)cc3)n2)c1Cl. The number of hydrogen-bond donors (Lipinski definition) is 2. The van der Waals surface area contributed by atoms with E-state index in [1.165, 1.54) is 44.2 Å². The molecule has 1 aliphatic rings. The number of methoxy groups -OCH3 is 2. The summed E-state index contributed by atoms with van der Waals surface area (Å²) in [6, 6.07) is 9.63. The van der Waals surface area contributed by atoms with Crippen molar-refractivity contribution < 1.29 is 14.3 Å². The maximum atomic E-state index is 13.0. The van der Waals surface area contributed by atoms with Crippen molar-refractivity contribution in [2.24, 2.45) is 0 Å². The highest BCUT2D eigenvalue weighted by Crippen LogP contribution is 2.44. The average molecular weight is 576 g/mol. The molecule has 2 N–H and O–H groups in total. The Morgan fingerprint density at radius 3 is 2.18 bits per heavy atom. The summed E-state index contributed by atoms with van der Waals surface area (Å²) in [5, 5.41) is 6.11. The van der Waals surface area contributed by atoms with Crippen LogP contribution in [0, 0.1) is 0 Å². The molecule has 0 saturated carbocycles. The van der Waals surface area contributed by atoms with E-state index in [1.807, 2.05) is 12.1 Å². The Labute approximate surface area is 238 Å².